The molecular weight excluding hydrogens is 303 g/mol. The molecule has 2 aromatic carbocycles. The minimum absolute atomic E-state index is 0.219. The van der Waals surface area contributed by atoms with Gasteiger partial charge in [0.15, 0.2) is 7.14 Å². The van der Waals surface area contributed by atoms with E-state index < -0.39 is 0 Å². The van der Waals surface area contributed by atoms with Crippen LogP contribution in [0.4, 0.5) is 0 Å². The van der Waals surface area contributed by atoms with Gasteiger partial charge in [-0.2, -0.15) is 0 Å². The summed E-state index contributed by atoms with van der Waals surface area (Å²) in [6.07, 6.45) is 0. The maximum Gasteiger partial charge on any atom is 0.357 e. The first-order valence-electron chi connectivity index (χ1n) is 4.47. The molecule has 0 atom stereocenters. The molecule has 0 amide bonds. The van der Waals surface area contributed by atoms with Crippen LogP contribution in [0.5, 0.6) is 11.5 Å². The van der Waals surface area contributed by atoms with Gasteiger partial charge >= 0.3 is 21.2 Å². The molecule has 76 valence electrons. The lowest BCUT2D eigenvalue weighted by molar-refractivity contribution is -0.597. The van der Waals surface area contributed by atoms with Gasteiger partial charge in [0.25, 0.3) is 0 Å². The van der Waals surface area contributed by atoms with Crippen LogP contribution in [0.1, 0.15) is 0 Å². The van der Waals surface area contributed by atoms with Gasteiger partial charge in [-0.1, -0.05) is 0 Å². The highest BCUT2D eigenvalue weighted by molar-refractivity contribution is 5.20. The maximum absolute atomic E-state index is 9.14. The number of hydrogen-bond acceptors (Lipinski definition) is 2. The van der Waals surface area contributed by atoms with Crippen LogP contribution in [-0.2, 0) is 0 Å². The van der Waals surface area contributed by atoms with Crippen LogP contribution in [0.3, 0.4) is 0 Å². The lowest BCUT2D eigenvalue weighted by Crippen LogP contribution is -3.61. The van der Waals surface area contributed by atoms with E-state index in [2.05, 4.69) is 0 Å². The molecule has 2 aromatic rings. The molecular formula is C12H10IO2+. The first-order chi connectivity index (χ1) is 7.24. The van der Waals surface area contributed by atoms with Gasteiger partial charge in [-0.25, -0.2) is 0 Å². The molecule has 0 saturated carbocycles. The van der Waals surface area contributed by atoms with Crippen molar-refractivity contribution in [3.05, 3.63) is 55.7 Å². The molecule has 0 spiro atoms. The summed E-state index contributed by atoms with van der Waals surface area (Å²) < 4.78 is 2.49. The summed E-state index contributed by atoms with van der Waals surface area (Å²) in [5.74, 6) is 0.599. The van der Waals surface area contributed by atoms with Crippen molar-refractivity contribution < 1.29 is 31.4 Å². The molecule has 0 aliphatic carbocycles. The van der Waals surface area contributed by atoms with E-state index in [-0.39, 0.29) is 21.2 Å². The fraction of sp³-hybridized carbons (Fsp3) is 0. The molecule has 3 heteroatoms. The highest BCUT2D eigenvalue weighted by Gasteiger charge is 2.14. The Morgan fingerprint density at radius 2 is 0.933 bits per heavy atom. The Labute approximate surface area is 98.5 Å². The van der Waals surface area contributed by atoms with E-state index in [9.17, 15) is 0 Å². The predicted octanol–water partition coefficient (Wildman–Crippen LogP) is -0.774. The first-order valence-corrected chi connectivity index (χ1v) is 6.63. The molecule has 0 aliphatic rings. The zero-order valence-corrected chi connectivity index (χ0v) is 10.0. The van der Waals surface area contributed by atoms with Crippen LogP contribution < -0.4 is 21.2 Å². The number of hydrogen-bond donors (Lipinski definition) is 2. The summed E-state index contributed by atoms with van der Waals surface area (Å²) in [7, 11) is 0. The van der Waals surface area contributed by atoms with E-state index in [1.54, 1.807) is 24.3 Å². The van der Waals surface area contributed by atoms with E-state index in [4.69, 9.17) is 10.2 Å². The number of benzene rings is 2. The lowest BCUT2D eigenvalue weighted by Gasteiger charge is -1.90. The molecule has 0 fully saturated rings. The minimum atomic E-state index is -0.219. The van der Waals surface area contributed by atoms with Crippen molar-refractivity contribution in [2.75, 3.05) is 0 Å². The highest BCUT2D eigenvalue weighted by atomic mass is 127. The fourth-order valence-corrected chi connectivity index (χ4v) is 3.29. The van der Waals surface area contributed by atoms with Gasteiger partial charge in [0.2, 0.25) is 0 Å². The predicted molar refractivity (Wildman–Crippen MR) is 53.6 cm³/mol. The summed E-state index contributed by atoms with van der Waals surface area (Å²) in [5.41, 5.74) is 0. The van der Waals surface area contributed by atoms with Gasteiger partial charge in [0, 0.05) is 0 Å². The van der Waals surface area contributed by atoms with E-state index >= 15 is 0 Å². The molecule has 0 bridgehead atoms. The molecule has 0 aromatic heterocycles. The van der Waals surface area contributed by atoms with Gasteiger partial charge < -0.3 is 10.2 Å². The van der Waals surface area contributed by atoms with E-state index in [0.29, 0.717) is 11.5 Å². The van der Waals surface area contributed by atoms with Gasteiger partial charge in [0.1, 0.15) is 11.5 Å². The summed E-state index contributed by atoms with van der Waals surface area (Å²) in [6, 6.07) is 14.6. The molecule has 0 aliphatic heterocycles. The molecule has 0 unspecified atom stereocenters. The monoisotopic (exact) mass is 313 g/mol. The van der Waals surface area contributed by atoms with Gasteiger partial charge in [-0.3, -0.25) is 0 Å². The maximum atomic E-state index is 9.14. The molecule has 2 nitrogen and oxygen atoms in total. The van der Waals surface area contributed by atoms with Crippen LogP contribution in [0.25, 0.3) is 0 Å². The Bertz CT molecular complexity index is 391. The summed E-state index contributed by atoms with van der Waals surface area (Å²) >= 11 is -0.219. The third-order valence-electron chi connectivity index (χ3n) is 1.87. The lowest BCUT2D eigenvalue weighted by atomic mass is 10.3. The van der Waals surface area contributed by atoms with Crippen molar-refractivity contribution in [1.82, 2.24) is 0 Å². The number of rotatable bonds is 2. The van der Waals surface area contributed by atoms with Crippen LogP contribution in [0.15, 0.2) is 48.5 Å². The summed E-state index contributed by atoms with van der Waals surface area (Å²) in [5, 5.41) is 18.3. The van der Waals surface area contributed by atoms with Crippen LogP contribution in [0.2, 0.25) is 0 Å². The Kier molecular flexibility index (Phi) is 3.11. The average Bonchev–Trinajstić information content (AvgIpc) is 2.25. The zero-order chi connectivity index (χ0) is 10.7. The van der Waals surface area contributed by atoms with E-state index in [0.717, 1.165) is 0 Å². The Morgan fingerprint density at radius 3 is 1.27 bits per heavy atom. The van der Waals surface area contributed by atoms with Crippen LogP contribution in [0, 0.1) is 7.14 Å². The molecule has 0 saturated heterocycles. The summed E-state index contributed by atoms with van der Waals surface area (Å²) in [4.78, 5) is 0. The third-order valence-corrected chi connectivity index (χ3v) is 4.56. The van der Waals surface area contributed by atoms with E-state index in [1.165, 1.54) is 7.14 Å². The molecule has 0 radical (unpaired) electrons. The van der Waals surface area contributed by atoms with Gasteiger partial charge in [-0.05, 0) is 48.5 Å². The van der Waals surface area contributed by atoms with Crippen LogP contribution >= 0.6 is 0 Å². The van der Waals surface area contributed by atoms with Crippen molar-refractivity contribution in [3.8, 4) is 11.5 Å². The SMILES string of the molecule is Oc1ccc([I+]c2ccc(O)cc2)cc1. The number of phenols is 2. The van der Waals surface area contributed by atoms with Crippen LogP contribution in [-0.4, -0.2) is 10.2 Å². The second-order valence-electron chi connectivity index (χ2n) is 3.05. The Morgan fingerprint density at radius 1 is 0.600 bits per heavy atom. The van der Waals surface area contributed by atoms with Gasteiger partial charge in [-0.15, -0.1) is 0 Å². The Balaban J connectivity index is 2.15. The van der Waals surface area contributed by atoms with Crippen molar-refractivity contribution in [2.24, 2.45) is 0 Å². The second kappa shape index (κ2) is 4.53. The minimum Gasteiger partial charge on any atom is -0.508 e. The molecule has 2 N–H and O–H groups in total. The third kappa shape index (κ3) is 2.86. The first kappa shape index (κ1) is 10.3. The summed E-state index contributed by atoms with van der Waals surface area (Å²) in [6.45, 7) is 0. The average molecular weight is 313 g/mol. The van der Waals surface area contributed by atoms with Crippen molar-refractivity contribution in [1.29, 1.82) is 0 Å². The smallest absolute Gasteiger partial charge is 0.357 e. The Hall–Kier alpha value is -1.23. The highest BCUT2D eigenvalue weighted by Crippen LogP contribution is 2.05. The van der Waals surface area contributed by atoms with E-state index in [1.807, 2.05) is 24.3 Å². The zero-order valence-electron chi connectivity index (χ0n) is 7.89. The fourth-order valence-electron chi connectivity index (χ4n) is 1.13. The second-order valence-corrected chi connectivity index (χ2v) is 6.08. The molecule has 0 heterocycles. The van der Waals surface area contributed by atoms with Crippen molar-refractivity contribution in [3.63, 3.8) is 0 Å². The quantitative estimate of drug-likeness (QED) is 0.715. The normalized spacial score (nSPS) is 10.1. The molecule has 2 rings (SSSR count). The number of halogens is 1. The topological polar surface area (TPSA) is 40.5 Å². The van der Waals surface area contributed by atoms with Gasteiger partial charge in [0.05, 0.1) is 0 Å². The number of aromatic hydroxyl groups is 2. The largest absolute Gasteiger partial charge is 0.508 e. The molecule has 15 heavy (non-hydrogen) atoms. The van der Waals surface area contributed by atoms with Crippen molar-refractivity contribution in [2.45, 2.75) is 0 Å². The standard InChI is InChI=1S/C12H9IO2/c14-11-5-1-9(2-6-11)13-10-3-7-12(15)8-4-10/h1-8H,(H-,14,15)/p+1. The number of phenolic OH excluding ortho intramolecular Hbond substituents is 2. The van der Waals surface area contributed by atoms with Crippen molar-refractivity contribution >= 4 is 0 Å².